The average molecular weight is 248 g/mol. The minimum atomic E-state index is -0.550. The first-order chi connectivity index (χ1) is 7.08. The molecule has 5 heteroatoms. The monoisotopic (exact) mass is 247 g/mol. The van der Waals surface area contributed by atoms with Gasteiger partial charge in [-0.05, 0) is 30.8 Å². The smallest absolute Gasteiger partial charge is 0.327 e. The molecule has 1 unspecified atom stereocenters. The zero-order chi connectivity index (χ0) is 11.4. The summed E-state index contributed by atoms with van der Waals surface area (Å²) in [4.78, 5) is 11.4. The first-order valence-electron chi connectivity index (χ1n) is 4.29. The molecule has 0 fully saturated rings. The lowest BCUT2D eigenvalue weighted by atomic mass is 10.1. The third kappa shape index (κ3) is 3.09. The van der Waals surface area contributed by atoms with Crippen LogP contribution in [0, 0.1) is 0 Å². The van der Waals surface area contributed by atoms with Gasteiger partial charge in [-0.2, -0.15) is 0 Å². The number of ether oxygens (including phenoxy) is 1. The van der Waals surface area contributed by atoms with Crippen molar-refractivity contribution in [2.75, 3.05) is 14.2 Å². The number of benzene rings is 1. The summed E-state index contributed by atoms with van der Waals surface area (Å²) >= 11 is 11.7. The molecule has 1 aromatic rings. The van der Waals surface area contributed by atoms with E-state index in [-0.39, 0.29) is 5.97 Å². The summed E-state index contributed by atoms with van der Waals surface area (Å²) in [6.45, 7) is 0. The van der Waals surface area contributed by atoms with Gasteiger partial charge in [-0.25, -0.2) is 4.79 Å². The molecule has 1 N–H and O–H groups in total. The number of hydrogen-bond donors (Lipinski definition) is 1. The molecule has 1 rings (SSSR count). The third-order valence-corrected chi connectivity index (χ3v) is 2.38. The standard InChI is InChI=1S/C10H11Cl2NO2/c1-13-9(10(14)15-2)6-3-7(11)5-8(12)4-6/h3-5,9,13H,1-2H3. The normalized spacial score (nSPS) is 12.3. The quantitative estimate of drug-likeness (QED) is 0.835. The first kappa shape index (κ1) is 12.3. The van der Waals surface area contributed by atoms with E-state index in [0.29, 0.717) is 15.6 Å². The molecule has 0 heterocycles. The Kier molecular flexibility index (Phi) is 4.39. The number of likely N-dealkylation sites (N-methyl/N-ethyl adjacent to an activating group) is 1. The van der Waals surface area contributed by atoms with Crippen LogP contribution in [0.1, 0.15) is 11.6 Å². The van der Waals surface area contributed by atoms with Crippen LogP contribution in [0.2, 0.25) is 10.0 Å². The fourth-order valence-electron chi connectivity index (χ4n) is 1.28. The Morgan fingerprint density at radius 2 is 1.87 bits per heavy atom. The third-order valence-electron chi connectivity index (χ3n) is 1.94. The summed E-state index contributed by atoms with van der Waals surface area (Å²) in [6, 6.07) is 4.40. The van der Waals surface area contributed by atoms with Crippen molar-refractivity contribution in [3.63, 3.8) is 0 Å². The van der Waals surface area contributed by atoms with Crippen LogP contribution in [0.4, 0.5) is 0 Å². The second-order valence-corrected chi connectivity index (χ2v) is 3.82. The minimum absolute atomic E-state index is 0.379. The SMILES string of the molecule is CNC(C(=O)OC)c1cc(Cl)cc(Cl)c1. The Hall–Kier alpha value is -0.770. The molecule has 0 bridgehead atoms. The Morgan fingerprint density at radius 3 is 2.27 bits per heavy atom. The molecule has 3 nitrogen and oxygen atoms in total. The van der Waals surface area contributed by atoms with Crippen molar-refractivity contribution in [3.8, 4) is 0 Å². The fraction of sp³-hybridized carbons (Fsp3) is 0.300. The van der Waals surface area contributed by atoms with Crippen LogP contribution in [-0.4, -0.2) is 20.1 Å². The molecule has 0 aliphatic heterocycles. The van der Waals surface area contributed by atoms with E-state index in [2.05, 4.69) is 10.1 Å². The maximum Gasteiger partial charge on any atom is 0.327 e. The molecule has 0 aliphatic rings. The molecule has 82 valence electrons. The van der Waals surface area contributed by atoms with Gasteiger partial charge in [0.15, 0.2) is 0 Å². The summed E-state index contributed by atoms with van der Waals surface area (Å²) < 4.78 is 4.65. The summed E-state index contributed by atoms with van der Waals surface area (Å²) in [6.07, 6.45) is 0. The number of carbonyl (C=O) groups excluding carboxylic acids is 1. The molecule has 0 saturated heterocycles. The number of carbonyl (C=O) groups is 1. The number of methoxy groups -OCH3 is 1. The molecular weight excluding hydrogens is 237 g/mol. The highest BCUT2D eigenvalue weighted by Crippen LogP contribution is 2.23. The van der Waals surface area contributed by atoms with Crippen molar-refractivity contribution in [3.05, 3.63) is 33.8 Å². The second-order valence-electron chi connectivity index (χ2n) is 2.95. The highest BCUT2D eigenvalue weighted by Gasteiger charge is 2.19. The molecule has 1 atom stereocenters. The van der Waals surface area contributed by atoms with E-state index in [1.54, 1.807) is 25.2 Å². The van der Waals surface area contributed by atoms with Crippen molar-refractivity contribution in [1.82, 2.24) is 5.32 Å². The Morgan fingerprint density at radius 1 is 1.33 bits per heavy atom. The molecule has 1 aromatic carbocycles. The van der Waals surface area contributed by atoms with E-state index in [1.807, 2.05) is 0 Å². The number of hydrogen-bond acceptors (Lipinski definition) is 3. The zero-order valence-electron chi connectivity index (χ0n) is 8.38. The molecular formula is C10H11Cl2NO2. The number of esters is 1. The molecule has 0 aromatic heterocycles. The van der Waals surface area contributed by atoms with Gasteiger partial charge in [-0.1, -0.05) is 23.2 Å². The predicted octanol–water partition coefficient (Wildman–Crippen LogP) is 2.43. The van der Waals surface area contributed by atoms with Crippen LogP contribution in [0.3, 0.4) is 0 Å². The van der Waals surface area contributed by atoms with Gasteiger partial charge in [-0.15, -0.1) is 0 Å². The van der Waals surface area contributed by atoms with Gasteiger partial charge in [0.1, 0.15) is 6.04 Å². The van der Waals surface area contributed by atoms with Crippen LogP contribution in [0.5, 0.6) is 0 Å². The largest absolute Gasteiger partial charge is 0.468 e. The van der Waals surface area contributed by atoms with Crippen LogP contribution < -0.4 is 5.32 Å². The predicted molar refractivity (Wildman–Crippen MR) is 60.3 cm³/mol. The van der Waals surface area contributed by atoms with Crippen molar-refractivity contribution in [2.24, 2.45) is 0 Å². The van der Waals surface area contributed by atoms with Crippen LogP contribution in [0.25, 0.3) is 0 Å². The topological polar surface area (TPSA) is 38.3 Å². The average Bonchev–Trinajstić information content (AvgIpc) is 2.17. The highest BCUT2D eigenvalue weighted by molar-refractivity contribution is 6.34. The van der Waals surface area contributed by atoms with Crippen molar-refractivity contribution in [2.45, 2.75) is 6.04 Å². The second kappa shape index (κ2) is 5.35. The van der Waals surface area contributed by atoms with Gasteiger partial charge >= 0.3 is 5.97 Å². The lowest BCUT2D eigenvalue weighted by Crippen LogP contribution is -2.26. The maximum atomic E-state index is 11.4. The van der Waals surface area contributed by atoms with Gasteiger partial charge in [0, 0.05) is 10.0 Å². The molecule has 0 amide bonds. The van der Waals surface area contributed by atoms with E-state index in [4.69, 9.17) is 23.2 Å². The summed E-state index contributed by atoms with van der Waals surface area (Å²) in [5.41, 5.74) is 0.682. The molecule has 0 aliphatic carbocycles. The van der Waals surface area contributed by atoms with Crippen molar-refractivity contribution < 1.29 is 9.53 Å². The van der Waals surface area contributed by atoms with E-state index in [9.17, 15) is 4.79 Å². The highest BCUT2D eigenvalue weighted by atomic mass is 35.5. The maximum absolute atomic E-state index is 11.4. The van der Waals surface area contributed by atoms with E-state index >= 15 is 0 Å². The van der Waals surface area contributed by atoms with Gasteiger partial charge in [0.25, 0.3) is 0 Å². The van der Waals surface area contributed by atoms with Gasteiger partial charge in [-0.3, -0.25) is 0 Å². The summed E-state index contributed by atoms with van der Waals surface area (Å²) in [5, 5.41) is 3.81. The van der Waals surface area contributed by atoms with Crippen molar-refractivity contribution >= 4 is 29.2 Å². The summed E-state index contributed by atoms with van der Waals surface area (Å²) in [5.74, 6) is -0.379. The Bertz CT molecular complexity index is 348. The van der Waals surface area contributed by atoms with Gasteiger partial charge < -0.3 is 10.1 Å². The number of nitrogens with one attached hydrogen (secondary N) is 1. The molecule has 15 heavy (non-hydrogen) atoms. The van der Waals surface area contributed by atoms with E-state index < -0.39 is 6.04 Å². The number of rotatable bonds is 3. The molecule has 0 saturated carbocycles. The van der Waals surface area contributed by atoms with E-state index in [1.165, 1.54) is 7.11 Å². The summed E-state index contributed by atoms with van der Waals surface area (Å²) in [7, 11) is 3.00. The number of halogens is 2. The van der Waals surface area contributed by atoms with Gasteiger partial charge in [0.05, 0.1) is 7.11 Å². The zero-order valence-corrected chi connectivity index (χ0v) is 9.89. The Labute approximate surface area is 98.3 Å². The minimum Gasteiger partial charge on any atom is -0.468 e. The first-order valence-corrected chi connectivity index (χ1v) is 5.05. The Balaban J connectivity index is 3.06. The lowest BCUT2D eigenvalue weighted by molar-refractivity contribution is -0.143. The van der Waals surface area contributed by atoms with Gasteiger partial charge in [0.2, 0.25) is 0 Å². The van der Waals surface area contributed by atoms with Crippen molar-refractivity contribution in [1.29, 1.82) is 0 Å². The van der Waals surface area contributed by atoms with Crippen LogP contribution in [0.15, 0.2) is 18.2 Å². The van der Waals surface area contributed by atoms with Crippen LogP contribution >= 0.6 is 23.2 Å². The fourth-order valence-corrected chi connectivity index (χ4v) is 1.82. The molecule has 0 radical (unpaired) electrons. The lowest BCUT2D eigenvalue weighted by Gasteiger charge is -2.14. The van der Waals surface area contributed by atoms with E-state index in [0.717, 1.165) is 0 Å². The van der Waals surface area contributed by atoms with Crippen LogP contribution in [-0.2, 0) is 9.53 Å². The molecule has 0 spiro atoms.